The number of hydrogen-bond acceptors (Lipinski definition) is 5. The molecule has 1 heterocycles. The minimum atomic E-state index is -3.76. The van der Waals surface area contributed by atoms with Crippen LogP contribution >= 0.6 is 0 Å². The molecule has 1 aliphatic rings. The summed E-state index contributed by atoms with van der Waals surface area (Å²) in [5, 5.41) is 11.1. The van der Waals surface area contributed by atoms with Crippen LogP contribution in [-0.2, 0) is 16.4 Å². The molecule has 3 aromatic carbocycles. The van der Waals surface area contributed by atoms with Gasteiger partial charge in [-0.1, -0.05) is 67.6 Å². The van der Waals surface area contributed by atoms with E-state index in [0.717, 1.165) is 30.4 Å². The number of sulfonamides is 1. The molecule has 6 nitrogen and oxygen atoms in total. The van der Waals surface area contributed by atoms with Crippen LogP contribution in [0, 0.1) is 5.92 Å². The third-order valence-electron chi connectivity index (χ3n) is 7.16. The van der Waals surface area contributed by atoms with E-state index in [2.05, 4.69) is 4.72 Å². The molecule has 0 radical (unpaired) electrons. The lowest BCUT2D eigenvalue weighted by Crippen LogP contribution is -2.18. The standard InChI is InChI=1S/C31H31NO5S/c1-2-22(18-21-10-5-3-6-11-21)28-20-27(33)30(31(34)37-28)29(23-16-17-23)24-12-9-13-25(19-24)32-38(35,36)26-14-7-4-8-15-26/h3-15,19-20,22-23,29,32-33H,2,16-18H2,1H3. The molecule has 38 heavy (non-hydrogen) atoms. The first-order valence-corrected chi connectivity index (χ1v) is 14.4. The second-order valence-corrected chi connectivity index (χ2v) is 11.6. The molecule has 2 atom stereocenters. The largest absolute Gasteiger partial charge is 0.507 e. The summed E-state index contributed by atoms with van der Waals surface area (Å²) >= 11 is 0. The van der Waals surface area contributed by atoms with Crippen molar-refractivity contribution >= 4 is 15.7 Å². The van der Waals surface area contributed by atoms with E-state index in [4.69, 9.17) is 4.42 Å². The number of benzene rings is 3. The molecule has 0 bridgehead atoms. The fourth-order valence-corrected chi connectivity index (χ4v) is 6.12. The maximum Gasteiger partial charge on any atom is 0.343 e. The van der Waals surface area contributed by atoms with Crippen molar-refractivity contribution in [3.8, 4) is 5.75 Å². The summed E-state index contributed by atoms with van der Waals surface area (Å²) in [5.74, 6) is 0.134. The molecule has 196 valence electrons. The predicted octanol–water partition coefficient (Wildman–Crippen LogP) is 6.42. The molecular weight excluding hydrogens is 498 g/mol. The van der Waals surface area contributed by atoms with E-state index in [1.807, 2.05) is 43.3 Å². The lowest BCUT2D eigenvalue weighted by atomic mass is 9.86. The Kier molecular flexibility index (Phi) is 7.38. The maximum atomic E-state index is 13.3. The Morgan fingerprint density at radius 1 is 0.947 bits per heavy atom. The van der Waals surface area contributed by atoms with E-state index < -0.39 is 21.6 Å². The van der Waals surface area contributed by atoms with Gasteiger partial charge in [0, 0.05) is 23.6 Å². The summed E-state index contributed by atoms with van der Waals surface area (Å²) in [7, 11) is -3.76. The molecule has 7 heteroatoms. The van der Waals surface area contributed by atoms with Crippen LogP contribution in [-0.4, -0.2) is 13.5 Å². The van der Waals surface area contributed by atoms with Gasteiger partial charge in [-0.3, -0.25) is 4.72 Å². The van der Waals surface area contributed by atoms with Gasteiger partial charge in [0.05, 0.1) is 10.5 Å². The van der Waals surface area contributed by atoms with Crippen LogP contribution in [0.25, 0.3) is 0 Å². The van der Waals surface area contributed by atoms with Gasteiger partial charge in [-0.05, 0) is 67.0 Å². The molecule has 0 spiro atoms. The van der Waals surface area contributed by atoms with E-state index in [0.29, 0.717) is 17.9 Å². The first-order chi connectivity index (χ1) is 18.4. The zero-order valence-electron chi connectivity index (χ0n) is 21.2. The topological polar surface area (TPSA) is 96.6 Å². The molecule has 4 aromatic rings. The Hall–Kier alpha value is -3.84. The van der Waals surface area contributed by atoms with Crippen LogP contribution in [0.2, 0.25) is 0 Å². The van der Waals surface area contributed by atoms with Crippen LogP contribution in [0.5, 0.6) is 5.75 Å². The van der Waals surface area contributed by atoms with Crippen LogP contribution in [0.1, 0.15) is 60.5 Å². The van der Waals surface area contributed by atoms with Crippen molar-refractivity contribution in [3.63, 3.8) is 0 Å². The monoisotopic (exact) mass is 529 g/mol. The minimum absolute atomic E-state index is 0.0415. The minimum Gasteiger partial charge on any atom is -0.507 e. The van der Waals surface area contributed by atoms with Crippen molar-refractivity contribution in [2.75, 3.05) is 4.72 Å². The zero-order valence-corrected chi connectivity index (χ0v) is 22.0. The molecule has 2 unspecified atom stereocenters. The molecule has 0 amide bonds. The average molecular weight is 530 g/mol. The smallest absolute Gasteiger partial charge is 0.343 e. The molecule has 0 saturated heterocycles. The highest BCUT2D eigenvalue weighted by molar-refractivity contribution is 7.92. The lowest BCUT2D eigenvalue weighted by molar-refractivity contribution is 0.379. The molecule has 5 rings (SSSR count). The Labute approximate surface area is 223 Å². The number of anilines is 1. The van der Waals surface area contributed by atoms with Crippen molar-refractivity contribution in [3.05, 3.63) is 124 Å². The fraction of sp³-hybridized carbons (Fsp3) is 0.258. The molecule has 2 N–H and O–H groups in total. The Morgan fingerprint density at radius 2 is 1.63 bits per heavy atom. The quantitative estimate of drug-likeness (QED) is 0.247. The second kappa shape index (κ2) is 10.9. The van der Waals surface area contributed by atoms with Crippen molar-refractivity contribution in [1.82, 2.24) is 0 Å². The summed E-state index contributed by atoms with van der Waals surface area (Å²) < 4.78 is 34.2. The van der Waals surface area contributed by atoms with E-state index in [1.165, 1.54) is 12.1 Å². The third kappa shape index (κ3) is 5.68. The highest BCUT2D eigenvalue weighted by Crippen LogP contribution is 2.48. The third-order valence-corrected chi connectivity index (χ3v) is 8.56. The van der Waals surface area contributed by atoms with Gasteiger partial charge in [-0.2, -0.15) is 0 Å². The van der Waals surface area contributed by atoms with E-state index in [9.17, 15) is 18.3 Å². The van der Waals surface area contributed by atoms with Crippen LogP contribution < -0.4 is 10.3 Å². The molecular formula is C31H31NO5S. The predicted molar refractivity (Wildman–Crippen MR) is 148 cm³/mol. The number of nitrogens with one attached hydrogen (secondary N) is 1. The normalized spacial score (nSPS) is 15.1. The van der Waals surface area contributed by atoms with E-state index in [-0.39, 0.29) is 28.0 Å². The molecule has 0 aliphatic heterocycles. The van der Waals surface area contributed by atoms with Gasteiger partial charge in [0.25, 0.3) is 10.0 Å². The number of hydrogen-bond donors (Lipinski definition) is 2. The summed E-state index contributed by atoms with van der Waals surface area (Å²) in [6.07, 6.45) is 3.29. The van der Waals surface area contributed by atoms with Gasteiger partial charge in [0.15, 0.2) is 0 Å². The highest BCUT2D eigenvalue weighted by atomic mass is 32.2. The number of aromatic hydroxyl groups is 1. The van der Waals surface area contributed by atoms with Crippen molar-refractivity contribution in [2.24, 2.45) is 5.92 Å². The summed E-state index contributed by atoms with van der Waals surface area (Å²) in [6.45, 7) is 2.04. The van der Waals surface area contributed by atoms with Gasteiger partial charge >= 0.3 is 5.63 Å². The summed E-state index contributed by atoms with van der Waals surface area (Å²) in [5.41, 5.74) is 1.97. The Bertz CT molecular complexity index is 1560. The van der Waals surface area contributed by atoms with Crippen molar-refractivity contribution < 1.29 is 17.9 Å². The maximum absolute atomic E-state index is 13.3. The molecule has 1 saturated carbocycles. The average Bonchev–Trinajstić information content (AvgIpc) is 3.75. The van der Waals surface area contributed by atoms with E-state index >= 15 is 0 Å². The van der Waals surface area contributed by atoms with E-state index in [1.54, 1.807) is 42.5 Å². The van der Waals surface area contributed by atoms with Crippen LogP contribution in [0.3, 0.4) is 0 Å². The molecule has 1 aliphatic carbocycles. The van der Waals surface area contributed by atoms with Crippen molar-refractivity contribution in [1.29, 1.82) is 0 Å². The van der Waals surface area contributed by atoms with Crippen molar-refractivity contribution in [2.45, 2.75) is 49.3 Å². The SMILES string of the molecule is CCC(Cc1ccccc1)c1cc(O)c(C(c2cccc(NS(=O)(=O)c3ccccc3)c2)C2CC2)c(=O)o1. The molecule has 1 fully saturated rings. The first kappa shape index (κ1) is 25.8. The van der Waals surface area contributed by atoms with Gasteiger partial charge in [0.1, 0.15) is 11.5 Å². The molecule has 1 aromatic heterocycles. The highest BCUT2D eigenvalue weighted by Gasteiger charge is 2.38. The van der Waals surface area contributed by atoms with Gasteiger partial charge in [0.2, 0.25) is 0 Å². The summed E-state index contributed by atoms with van der Waals surface area (Å²) in [6, 6.07) is 26.8. The van der Waals surface area contributed by atoms with Gasteiger partial charge in [-0.25, -0.2) is 13.2 Å². The van der Waals surface area contributed by atoms with Gasteiger partial charge < -0.3 is 9.52 Å². The second-order valence-electron chi connectivity index (χ2n) is 9.89. The van der Waals surface area contributed by atoms with Crippen LogP contribution in [0.4, 0.5) is 5.69 Å². The summed E-state index contributed by atoms with van der Waals surface area (Å²) in [4.78, 5) is 13.5. The first-order valence-electron chi connectivity index (χ1n) is 12.9. The Morgan fingerprint density at radius 3 is 2.26 bits per heavy atom. The fourth-order valence-electron chi connectivity index (χ4n) is 5.05. The zero-order chi connectivity index (χ0) is 26.7. The number of rotatable bonds is 10. The van der Waals surface area contributed by atoms with Gasteiger partial charge in [-0.15, -0.1) is 0 Å². The Balaban J connectivity index is 1.46. The lowest BCUT2D eigenvalue weighted by Gasteiger charge is -2.20. The van der Waals surface area contributed by atoms with Crippen LogP contribution in [0.15, 0.2) is 105 Å².